The maximum absolute atomic E-state index is 5.03. The summed E-state index contributed by atoms with van der Waals surface area (Å²) in [6, 6.07) is 77.0. The van der Waals surface area contributed by atoms with Crippen molar-refractivity contribution in [2.45, 2.75) is 6.92 Å². The maximum Gasteiger partial charge on any atom is 2.00 e. The van der Waals surface area contributed by atoms with Crippen LogP contribution in [0.1, 0.15) is 5.56 Å². The van der Waals surface area contributed by atoms with Gasteiger partial charge in [-0.3, -0.25) is 0 Å². The second kappa shape index (κ2) is 16.3. The molecule has 11 rings (SSSR count). The van der Waals surface area contributed by atoms with E-state index in [-0.39, 0.29) is 21.1 Å². The van der Waals surface area contributed by atoms with Gasteiger partial charge in [-0.2, -0.15) is 12.1 Å². The summed E-state index contributed by atoms with van der Waals surface area (Å²) in [6.07, 6.45) is 1.92. The number of rotatable bonds is 8. The van der Waals surface area contributed by atoms with E-state index in [2.05, 4.69) is 239 Å². The minimum atomic E-state index is 0. The van der Waals surface area contributed by atoms with E-state index in [9.17, 15) is 0 Å². The number of hydrogen-bond donors (Lipinski definition) is 0. The summed E-state index contributed by atoms with van der Waals surface area (Å²) in [5.74, 6) is 0.840. The molecule has 0 amide bonds. The number of pyridine rings is 1. The normalized spacial score (nSPS) is 12.1. The van der Waals surface area contributed by atoms with Gasteiger partial charge in [0.15, 0.2) is 0 Å². The van der Waals surface area contributed by atoms with Gasteiger partial charge >= 0.3 is 21.1 Å². The van der Waals surface area contributed by atoms with E-state index >= 15 is 0 Å². The van der Waals surface area contributed by atoms with Gasteiger partial charge in [0, 0.05) is 29.9 Å². The molecule has 8 aromatic carbocycles. The van der Waals surface area contributed by atoms with Gasteiger partial charge in [-0.05, 0) is 70.5 Å². The Kier molecular flexibility index (Phi) is 10.3. The molecule has 0 atom stereocenters. The molecule has 5 nitrogen and oxygen atoms in total. The minimum Gasteiger partial charge on any atom is -0.357 e. The third kappa shape index (κ3) is 6.76. The summed E-state index contributed by atoms with van der Waals surface area (Å²) in [6.45, 7) is 2.89. The first-order valence-electron chi connectivity index (χ1n) is 20.7. The van der Waals surface area contributed by atoms with Crippen LogP contribution < -0.4 is 14.7 Å². The standard InChI is InChI=1S/C56H41N5.Pt/c1-39-17-9-10-24-46(39)42-33-34-57-55(35-42)61-51-28-12-11-25-49(51)50-32-31-45(37-54(50)61)60(44-23-15-22-43(36-44)59-38-58(2)52-29-13-14-30-53(52)59)56-47(40-18-5-3-6-19-40)26-16-27-48(56)41-20-7-4-8-21-41;/h3-35H,38H2,1-2H3;/q-2;+2. The molecule has 3 heterocycles. The third-order valence-electron chi connectivity index (χ3n) is 11.9. The largest absolute Gasteiger partial charge is 2.00 e. The van der Waals surface area contributed by atoms with Crippen molar-refractivity contribution < 1.29 is 21.1 Å². The van der Waals surface area contributed by atoms with Crippen molar-refractivity contribution in [1.29, 1.82) is 0 Å². The molecule has 0 saturated heterocycles. The van der Waals surface area contributed by atoms with E-state index in [4.69, 9.17) is 4.98 Å². The van der Waals surface area contributed by atoms with E-state index in [1.165, 1.54) is 16.8 Å². The second-order valence-electron chi connectivity index (χ2n) is 15.6. The SMILES string of the molecule is Cc1ccccc1-c1ccnc(-n2c3[c-]c(N(c4[c-]c(N5CN(C)c6ccccc65)ccc4)c4c(-c5ccccc5)cccc4-c4ccccc4)ccc3c3ccccc32)c1.[Pt+2]. The average Bonchev–Trinajstić information content (AvgIpc) is 3.84. The van der Waals surface area contributed by atoms with Crippen LogP contribution in [-0.4, -0.2) is 23.3 Å². The minimum absolute atomic E-state index is 0. The van der Waals surface area contributed by atoms with Crippen LogP contribution in [0.25, 0.3) is 61.0 Å². The molecule has 1 aliphatic heterocycles. The van der Waals surface area contributed by atoms with E-state index in [0.717, 1.165) is 90.5 Å². The molecule has 10 aromatic rings. The van der Waals surface area contributed by atoms with Crippen molar-refractivity contribution in [1.82, 2.24) is 9.55 Å². The Hall–Kier alpha value is -7.20. The van der Waals surface area contributed by atoms with Crippen molar-refractivity contribution >= 4 is 55.9 Å². The van der Waals surface area contributed by atoms with Gasteiger partial charge < -0.3 is 19.3 Å². The zero-order valence-corrected chi connectivity index (χ0v) is 36.6. The summed E-state index contributed by atoms with van der Waals surface area (Å²) in [5, 5.41) is 2.26. The van der Waals surface area contributed by atoms with Crippen molar-refractivity contribution in [2.24, 2.45) is 0 Å². The Morgan fingerprint density at radius 2 is 1.16 bits per heavy atom. The maximum atomic E-state index is 5.03. The smallest absolute Gasteiger partial charge is 0.357 e. The first kappa shape index (κ1) is 39.0. The van der Waals surface area contributed by atoms with Crippen LogP contribution in [0.4, 0.5) is 34.1 Å². The van der Waals surface area contributed by atoms with Gasteiger partial charge in [0.05, 0.1) is 23.7 Å². The molecule has 6 heteroatoms. The summed E-state index contributed by atoms with van der Waals surface area (Å²) < 4.78 is 2.27. The van der Waals surface area contributed by atoms with Crippen molar-refractivity contribution in [3.8, 4) is 39.2 Å². The number of aromatic nitrogens is 2. The molecule has 1 aliphatic rings. The Labute approximate surface area is 377 Å². The number of benzene rings is 8. The molecule has 0 aliphatic carbocycles. The molecule has 300 valence electrons. The van der Waals surface area contributed by atoms with Gasteiger partial charge in [0.2, 0.25) is 0 Å². The molecule has 62 heavy (non-hydrogen) atoms. The van der Waals surface area contributed by atoms with Crippen molar-refractivity contribution in [3.63, 3.8) is 0 Å². The molecule has 0 spiro atoms. The number of nitrogens with zero attached hydrogens (tertiary/aromatic N) is 5. The Balaban J connectivity index is 0.00000458. The number of aryl methyl sites for hydroxylation is 1. The number of fused-ring (bicyclic) bond motifs is 4. The van der Waals surface area contributed by atoms with Crippen LogP contribution in [0.3, 0.4) is 0 Å². The molecular formula is C56H41N5Pt. The van der Waals surface area contributed by atoms with E-state index in [0.29, 0.717) is 0 Å². The first-order valence-corrected chi connectivity index (χ1v) is 20.7. The van der Waals surface area contributed by atoms with Crippen molar-refractivity contribution in [3.05, 3.63) is 218 Å². The molecule has 0 N–H and O–H groups in total. The summed E-state index contributed by atoms with van der Waals surface area (Å²) >= 11 is 0. The zero-order valence-electron chi connectivity index (χ0n) is 34.3. The van der Waals surface area contributed by atoms with Crippen molar-refractivity contribution in [2.75, 3.05) is 28.4 Å². The van der Waals surface area contributed by atoms with Crippen LogP contribution in [0.5, 0.6) is 0 Å². The summed E-state index contributed by atoms with van der Waals surface area (Å²) in [7, 11) is 2.14. The fourth-order valence-corrected chi connectivity index (χ4v) is 9.03. The van der Waals surface area contributed by atoms with E-state index in [1.54, 1.807) is 0 Å². The molecule has 0 radical (unpaired) electrons. The first-order chi connectivity index (χ1) is 30.1. The summed E-state index contributed by atoms with van der Waals surface area (Å²) in [5.41, 5.74) is 16.2. The molecule has 0 unspecified atom stereocenters. The number of para-hydroxylation sites is 4. The van der Waals surface area contributed by atoms with Gasteiger partial charge in [-0.1, -0.05) is 156 Å². The van der Waals surface area contributed by atoms with Gasteiger partial charge in [0.25, 0.3) is 0 Å². The Morgan fingerprint density at radius 1 is 0.532 bits per heavy atom. The predicted octanol–water partition coefficient (Wildman–Crippen LogP) is 14.1. The molecule has 2 aromatic heterocycles. The van der Waals surface area contributed by atoms with Crippen LogP contribution >= 0.6 is 0 Å². The average molecular weight is 979 g/mol. The van der Waals surface area contributed by atoms with E-state index < -0.39 is 0 Å². The molecular weight excluding hydrogens is 938 g/mol. The Bertz CT molecular complexity index is 3170. The number of hydrogen-bond acceptors (Lipinski definition) is 4. The summed E-state index contributed by atoms with van der Waals surface area (Å²) in [4.78, 5) is 12.0. The fourth-order valence-electron chi connectivity index (χ4n) is 9.03. The molecule has 0 fully saturated rings. The fraction of sp³-hybridized carbons (Fsp3) is 0.0536. The third-order valence-corrected chi connectivity index (χ3v) is 11.9. The van der Waals surface area contributed by atoms with Gasteiger partial charge in [-0.25, -0.2) is 4.98 Å². The second-order valence-corrected chi connectivity index (χ2v) is 15.6. The number of anilines is 6. The van der Waals surface area contributed by atoms with Crippen LogP contribution in [0, 0.1) is 19.1 Å². The zero-order chi connectivity index (χ0) is 40.9. The Morgan fingerprint density at radius 3 is 1.92 bits per heavy atom. The van der Waals surface area contributed by atoms with Gasteiger partial charge in [-0.15, -0.1) is 35.7 Å². The van der Waals surface area contributed by atoms with Crippen LogP contribution in [0.2, 0.25) is 0 Å². The van der Waals surface area contributed by atoms with Crippen LogP contribution in [0.15, 0.2) is 200 Å². The monoisotopic (exact) mass is 978 g/mol. The molecule has 0 bridgehead atoms. The van der Waals surface area contributed by atoms with Gasteiger partial charge in [0.1, 0.15) is 5.82 Å². The molecule has 0 saturated carbocycles. The van der Waals surface area contributed by atoms with Crippen LogP contribution in [-0.2, 0) is 21.1 Å². The quantitative estimate of drug-likeness (QED) is 0.142. The van der Waals surface area contributed by atoms with E-state index in [1.807, 2.05) is 6.20 Å². The topological polar surface area (TPSA) is 27.5 Å². The predicted molar refractivity (Wildman–Crippen MR) is 254 cm³/mol.